The number of anilines is 2. The van der Waals surface area contributed by atoms with Crippen molar-refractivity contribution in [1.82, 2.24) is 4.90 Å². The Morgan fingerprint density at radius 1 is 1.39 bits per heavy atom. The average molecular weight is 323 g/mol. The van der Waals surface area contributed by atoms with Crippen molar-refractivity contribution in [3.8, 4) is 0 Å². The molecule has 1 aromatic carbocycles. The van der Waals surface area contributed by atoms with Crippen LogP contribution in [0.1, 0.15) is 26.7 Å². The summed E-state index contributed by atoms with van der Waals surface area (Å²) in [6.07, 6.45) is 1.96. The molecule has 0 saturated carbocycles. The van der Waals surface area contributed by atoms with Crippen molar-refractivity contribution in [2.45, 2.75) is 32.8 Å². The molecule has 0 radical (unpaired) electrons. The first-order valence-electron chi connectivity index (χ1n) is 7.74. The van der Waals surface area contributed by atoms with E-state index in [1.54, 1.807) is 4.90 Å². The third kappa shape index (κ3) is 4.92. The van der Waals surface area contributed by atoms with E-state index in [0.29, 0.717) is 18.8 Å². The summed E-state index contributed by atoms with van der Waals surface area (Å²) in [6, 6.07) is 3.66. The molecule has 0 aliphatic carbocycles. The summed E-state index contributed by atoms with van der Waals surface area (Å²) >= 11 is 0. The van der Waals surface area contributed by atoms with Crippen LogP contribution in [0.4, 0.5) is 20.6 Å². The Kier molecular flexibility index (Phi) is 5.92. The molecule has 0 aromatic heterocycles. The molecule has 3 amide bonds. The van der Waals surface area contributed by atoms with Crippen molar-refractivity contribution in [1.29, 1.82) is 0 Å². The van der Waals surface area contributed by atoms with Gasteiger partial charge in [-0.15, -0.1) is 0 Å². The van der Waals surface area contributed by atoms with E-state index in [1.807, 2.05) is 6.92 Å². The Labute approximate surface area is 135 Å². The maximum atomic E-state index is 13.9. The zero-order chi connectivity index (χ0) is 16.8. The molecule has 126 valence electrons. The minimum absolute atomic E-state index is 0.0343. The number of rotatable bonds is 5. The normalized spacial score (nSPS) is 16.9. The van der Waals surface area contributed by atoms with E-state index in [9.17, 15) is 14.0 Å². The lowest BCUT2D eigenvalue weighted by molar-refractivity contribution is -0.114. The van der Waals surface area contributed by atoms with Crippen LogP contribution in [0.15, 0.2) is 18.2 Å². The Hall–Kier alpha value is -2.15. The van der Waals surface area contributed by atoms with E-state index < -0.39 is 5.82 Å². The number of halogens is 1. The fourth-order valence-corrected chi connectivity index (χ4v) is 2.49. The molecule has 6 nitrogen and oxygen atoms in total. The smallest absolute Gasteiger partial charge is 0.322 e. The molecule has 0 bridgehead atoms. The fourth-order valence-electron chi connectivity index (χ4n) is 2.49. The molecule has 1 saturated heterocycles. The third-order valence-corrected chi connectivity index (χ3v) is 3.65. The molecule has 1 aliphatic heterocycles. The number of carbonyl (C=O) groups excluding carboxylic acids is 2. The van der Waals surface area contributed by atoms with E-state index >= 15 is 0 Å². The highest BCUT2D eigenvalue weighted by molar-refractivity contribution is 5.92. The van der Waals surface area contributed by atoms with Crippen molar-refractivity contribution in [3.05, 3.63) is 24.0 Å². The van der Waals surface area contributed by atoms with Gasteiger partial charge < -0.3 is 20.3 Å². The number of hydrogen-bond donors (Lipinski definition) is 2. The molecule has 1 atom stereocenters. The summed E-state index contributed by atoms with van der Waals surface area (Å²) in [5.74, 6) is -0.817. The summed E-state index contributed by atoms with van der Waals surface area (Å²) in [6.45, 7) is 4.92. The number of nitrogens with zero attached hydrogens (tertiary/aromatic N) is 1. The average Bonchev–Trinajstić information content (AvgIpc) is 3.00. The van der Waals surface area contributed by atoms with Gasteiger partial charge in [0.15, 0.2) is 0 Å². The van der Waals surface area contributed by atoms with Gasteiger partial charge in [-0.1, -0.05) is 0 Å². The summed E-state index contributed by atoms with van der Waals surface area (Å²) < 4.78 is 19.4. The fraction of sp³-hybridized carbons (Fsp3) is 0.500. The van der Waals surface area contributed by atoms with Crippen LogP contribution in [0.3, 0.4) is 0 Å². The standard InChI is InChI=1S/C16H22FN3O3/c1-3-20(10-13-5-4-8-23-13)16(22)19-15-9-12(18-11(2)21)6-7-14(15)17/h6-7,9,13H,3-5,8,10H2,1-2H3,(H,18,21)(H,19,22)/t13-/m1/s1. The largest absolute Gasteiger partial charge is 0.376 e. The van der Waals surface area contributed by atoms with Crippen molar-refractivity contribution in [2.75, 3.05) is 30.3 Å². The highest BCUT2D eigenvalue weighted by atomic mass is 19.1. The predicted octanol–water partition coefficient (Wildman–Crippen LogP) is 2.82. The number of ether oxygens (including phenoxy) is 1. The van der Waals surface area contributed by atoms with Crippen LogP contribution in [0.5, 0.6) is 0 Å². The van der Waals surface area contributed by atoms with Crippen LogP contribution >= 0.6 is 0 Å². The number of nitrogens with one attached hydrogen (secondary N) is 2. The van der Waals surface area contributed by atoms with Gasteiger partial charge in [-0.2, -0.15) is 0 Å². The molecule has 23 heavy (non-hydrogen) atoms. The van der Waals surface area contributed by atoms with Gasteiger partial charge in [-0.05, 0) is 38.0 Å². The van der Waals surface area contributed by atoms with Gasteiger partial charge in [0.05, 0.1) is 11.8 Å². The van der Waals surface area contributed by atoms with Crippen molar-refractivity contribution < 1.29 is 18.7 Å². The second-order valence-electron chi connectivity index (χ2n) is 5.48. The Balaban J connectivity index is 2.03. The second kappa shape index (κ2) is 7.92. The first-order valence-corrected chi connectivity index (χ1v) is 7.74. The first-order chi connectivity index (χ1) is 11.0. The summed E-state index contributed by atoms with van der Waals surface area (Å²) in [7, 11) is 0. The van der Waals surface area contributed by atoms with Crippen LogP contribution in [-0.4, -0.2) is 42.6 Å². The van der Waals surface area contributed by atoms with Gasteiger partial charge in [0.1, 0.15) is 5.82 Å². The van der Waals surface area contributed by atoms with Gasteiger partial charge in [0.25, 0.3) is 0 Å². The quantitative estimate of drug-likeness (QED) is 0.875. The van der Waals surface area contributed by atoms with Crippen LogP contribution in [0, 0.1) is 5.82 Å². The molecular weight excluding hydrogens is 301 g/mol. The number of amides is 3. The molecule has 2 rings (SSSR count). The Morgan fingerprint density at radius 3 is 2.78 bits per heavy atom. The molecular formula is C16H22FN3O3. The number of likely N-dealkylation sites (N-methyl/N-ethyl adjacent to an activating group) is 1. The van der Waals surface area contributed by atoms with Crippen molar-refractivity contribution >= 4 is 23.3 Å². The van der Waals surface area contributed by atoms with Gasteiger partial charge in [-0.25, -0.2) is 9.18 Å². The van der Waals surface area contributed by atoms with Crippen molar-refractivity contribution in [3.63, 3.8) is 0 Å². The summed E-state index contributed by atoms with van der Waals surface area (Å²) in [5.41, 5.74) is 0.461. The Morgan fingerprint density at radius 2 is 2.17 bits per heavy atom. The first kappa shape index (κ1) is 17.2. The summed E-state index contributed by atoms with van der Waals surface area (Å²) in [5, 5.41) is 5.11. The molecule has 0 spiro atoms. The van der Waals surface area contributed by atoms with E-state index in [-0.39, 0.29) is 23.7 Å². The van der Waals surface area contributed by atoms with Crippen LogP contribution in [0.25, 0.3) is 0 Å². The van der Waals surface area contributed by atoms with E-state index in [1.165, 1.54) is 25.1 Å². The molecule has 7 heteroatoms. The maximum absolute atomic E-state index is 13.9. The monoisotopic (exact) mass is 323 g/mol. The lowest BCUT2D eigenvalue weighted by atomic mass is 10.2. The molecule has 1 aliphatic rings. The van der Waals surface area contributed by atoms with Crippen LogP contribution < -0.4 is 10.6 Å². The molecule has 1 heterocycles. The summed E-state index contributed by atoms with van der Waals surface area (Å²) in [4.78, 5) is 25.0. The third-order valence-electron chi connectivity index (χ3n) is 3.65. The highest BCUT2D eigenvalue weighted by Gasteiger charge is 2.22. The van der Waals surface area contributed by atoms with Gasteiger partial charge in [0.2, 0.25) is 5.91 Å². The second-order valence-corrected chi connectivity index (χ2v) is 5.48. The maximum Gasteiger partial charge on any atom is 0.322 e. The number of benzene rings is 1. The van der Waals surface area contributed by atoms with E-state index in [0.717, 1.165) is 19.4 Å². The van der Waals surface area contributed by atoms with Crippen molar-refractivity contribution in [2.24, 2.45) is 0 Å². The highest BCUT2D eigenvalue weighted by Crippen LogP contribution is 2.21. The zero-order valence-corrected chi connectivity index (χ0v) is 13.4. The van der Waals surface area contributed by atoms with E-state index in [4.69, 9.17) is 4.74 Å². The topological polar surface area (TPSA) is 70.7 Å². The molecule has 2 N–H and O–H groups in total. The predicted molar refractivity (Wildman–Crippen MR) is 85.9 cm³/mol. The number of hydrogen-bond acceptors (Lipinski definition) is 3. The SMILES string of the molecule is CCN(C[C@H]1CCCO1)C(=O)Nc1cc(NC(C)=O)ccc1F. The molecule has 1 aromatic rings. The molecule has 1 fully saturated rings. The van der Waals surface area contributed by atoms with Crippen LogP contribution in [0.2, 0.25) is 0 Å². The lowest BCUT2D eigenvalue weighted by Crippen LogP contribution is -2.40. The Bertz CT molecular complexity index is 574. The lowest BCUT2D eigenvalue weighted by Gasteiger charge is -2.24. The minimum atomic E-state index is -0.555. The molecule has 0 unspecified atom stereocenters. The van der Waals surface area contributed by atoms with Gasteiger partial charge in [-0.3, -0.25) is 4.79 Å². The van der Waals surface area contributed by atoms with Crippen LogP contribution in [-0.2, 0) is 9.53 Å². The zero-order valence-electron chi connectivity index (χ0n) is 13.4. The minimum Gasteiger partial charge on any atom is -0.376 e. The number of urea groups is 1. The number of carbonyl (C=O) groups is 2. The van der Waals surface area contributed by atoms with Gasteiger partial charge in [0, 0.05) is 32.3 Å². The van der Waals surface area contributed by atoms with E-state index in [2.05, 4.69) is 10.6 Å². The van der Waals surface area contributed by atoms with Gasteiger partial charge >= 0.3 is 6.03 Å².